The van der Waals surface area contributed by atoms with Crippen LogP contribution >= 0.6 is 11.6 Å². The van der Waals surface area contributed by atoms with Crippen LogP contribution in [0.5, 0.6) is 0 Å². The average molecular weight is 253 g/mol. The lowest BCUT2D eigenvalue weighted by atomic mass is 10.1. The van der Waals surface area contributed by atoms with E-state index in [4.69, 9.17) is 17.3 Å². The van der Waals surface area contributed by atoms with Gasteiger partial charge in [-0.05, 0) is 30.7 Å². The molecule has 17 heavy (non-hydrogen) atoms. The van der Waals surface area contributed by atoms with Gasteiger partial charge in [0.05, 0.1) is 0 Å². The van der Waals surface area contributed by atoms with Crippen LogP contribution in [0.15, 0.2) is 24.3 Å². The van der Waals surface area contributed by atoms with E-state index < -0.39 is 11.9 Å². The normalized spacial score (nSPS) is 24.1. The number of halogens is 1. The van der Waals surface area contributed by atoms with E-state index in [1.165, 1.54) is 4.90 Å². The van der Waals surface area contributed by atoms with Crippen molar-refractivity contribution < 1.29 is 9.59 Å². The summed E-state index contributed by atoms with van der Waals surface area (Å²) < 4.78 is 0. The summed E-state index contributed by atoms with van der Waals surface area (Å²) in [5, 5.41) is 0.587. The highest BCUT2D eigenvalue weighted by Crippen LogP contribution is 2.30. The zero-order valence-electron chi connectivity index (χ0n) is 9.39. The van der Waals surface area contributed by atoms with E-state index in [2.05, 4.69) is 0 Å². The lowest BCUT2D eigenvalue weighted by Crippen LogP contribution is -2.42. The summed E-state index contributed by atoms with van der Waals surface area (Å²) in [5.74, 6) is -0.725. The maximum Gasteiger partial charge on any atom is 0.240 e. The van der Waals surface area contributed by atoms with Gasteiger partial charge in [0, 0.05) is 16.6 Å². The third kappa shape index (κ3) is 2.13. The van der Waals surface area contributed by atoms with Crippen LogP contribution in [0.4, 0.5) is 5.69 Å². The van der Waals surface area contributed by atoms with Crippen LogP contribution in [-0.4, -0.2) is 17.9 Å². The van der Waals surface area contributed by atoms with Crippen LogP contribution in [0.25, 0.3) is 0 Å². The van der Waals surface area contributed by atoms with Crippen molar-refractivity contribution in [2.24, 2.45) is 11.7 Å². The number of carbonyl (C=O) groups excluding carboxylic acids is 2. The summed E-state index contributed by atoms with van der Waals surface area (Å²) in [5.41, 5.74) is 5.98. The molecule has 1 fully saturated rings. The highest BCUT2D eigenvalue weighted by molar-refractivity contribution is 6.30. The number of hydrogen-bond donors (Lipinski definition) is 1. The molecule has 0 saturated carbocycles. The van der Waals surface area contributed by atoms with Crippen molar-refractivity contribution in [2.45, 2.75) is 19.4 Å². The van der Waals surface area contributed by atoms with Crippen LogP contribution in [0.3, 0.4) is 0 Å². The molecule has 4 nitrogen and oxygen atoms in total. The Morgan fingerprint density at radius 3 is 2.53 bits per heavy atom. The van der Waals surface area contributed by atoms with Gasteiger partial charge in [0.2, 0.25) is 11.8 Å². The summed E-state index contributed by atoms with van der Waals surface area (Å²) >= 11 is 5.79. The monoisotopic (exact) mass is 252 g/mol. The molecular weight excluding hydrogens is 240 g/mol. The number of carbonyl (C=O) groups is 2. The Bertz CT molecular complexity index is 458. The molecule has 1 aromatic rings. The molecule has 0 aliphatic carbocycles. The minimum Gasteiger partial charge on any atom is -0.368 e. The lowest BCUT2D eigenvalue weighted by Gasteiger charge is -2.22. The molecule has 2 rings (SSSR count). The minimum atomic E-state index is -0.557. The summed E-state index contributed by atoms with van der Waals surface area (Å²) in [6.07, 6.45) is 0.469. The molecule has 0 unspecified atom stereocenters. The van der Waals surface area contributed by atoms with Gasteiger partial charge in [0.1, 0.15) is 6.04 Å². The number of benzene rings is 1. The Morgan fingerprint density at radius 1 is 1.41 bits per heavy atom. The topological polar surface area (TPSA) is 63.4 Å². The minimum absolute atomic E-state index is 0.0730. The molecule has 0 aromatic heterocycles. The first-order valence-electron chi connectivity index (χ1n) is 5.38. The number of anilines is 1. The standard InChI is InChI=1S/C12H13ClN2O2/c1-7-6-10(11(14)16)15(12(7)17)9-4-2-8(13)3-5-9/h2-5,7,10H,6H2,1H3,(H2,14,16)/t7-,10+/m0/s1. The fourth-order valence-electron chi connectivity index (χ4n) is 2.08. The van der Waals surface area contributed by atoms with Crippen molar-refractivity contribution in [1.29, 1.82) is 0 Å². The van der Waals surface area contributed by atoms with Gasteiger partial charge in [0.15, 0.2) is 0 Å². The van der Waals surface area contributed by atoms with Crippen molar-refractivity contribution in [3.63, 3.8) is 0 Å². The van der Waals surface area contributed by atoms with Crippen molar-refractivity contribution >= 4 is 29.1 Å². The second-order valence-corrected chi connectivity index (χ2v) is 4.68. The SMILES string of the molecule is C[C@H]1C[C@H](C(N)=O)N(c2ccc(Cl)cc2)C1=O. The molecule has 2 amide bonds. The third-order valence-corrected chi connectivity index (χ3v) is 3.23. The van der Waals surface area contributed by atoms with Crippen LogP contribution in [0.1, 0.15) is 13.3 Å². The largest absolute Gasteiger partial charge is 0.368 e. The zero-order valence-corrected chi connectivity index (χ0v) is 10.1. The van der Waals surface area contributed by atoms with E-state index >= 15 is 0 Å². The molecule has 1 saturated heterocycles. The fraction of sp³-hybridized carbons (Fsp3) is 0.333. The number of nitrogens with two attached hydrogens (primary N) is 1. The van der Waals surface area contributed by atoms with Crippen molar-refractivity contribution in [3.05, 3.63) is 29.3 Å². The molecule has 0 radical (unpaired) electrons. The molecule has 0 bridgehead atoms. The van der Waals surface area contributed by atoms with Crippen molar-refractivity contribution in [2.75, 3.05) is 4.90 Å². The highest BCUT2D eigenvalue weighted by Gasteiger charge is 2.40. The predicted octanol–water partition coefficient (Wildman–Crippen LogP) is 1.57. The maximum absolute atomic E-state index is 12.0. The van der Waals surface area contributed by atoms with E-state index in [1.54, 1.807) is 31.2 Å². The molecule has 1 heterocycles. The third-order valence-electron chi connectivity index (χ3n) is 2.98. The number of hydrogen-bond acceptors (Lipinski definition) is 2. The summed E-state index contributed by atoms with van der Waals surface area (Å²) in [7, 11) is 0. The molecular formula is C12H13ClN2O2. The van der Waals surface area contributed by atoms with E-state index in [9.17, 15) is 9.59 Å². The Labute approximate surface area is 104 Å². The van der Waals surface area contributed by atoms with Gasteiger partial charge in [-0.15, -0.1) is 0 Å². The molecule has 90 valence electrons. The van der Waals surface area contributed by atoms with Crippen LogP contribution in [0.2, 0.25) is 5.02 Å². The summed E-state index contributed by atoms with van der Waals surface area (Å²) in [4.78, 5) is 24.8. The predicted molar refractivity (Wildman–Crippen MR) is 65.7 cm³/mol. The smallest absolute Gasteiger partial charge is 0.240 e. The number of primary amides is 1. The van der Waals surface area contributed by atoms with Gasteiger partial charge in [-0.3, -0.25) is 14.5 Å². The molecule has 1 aliphatic rings. The molecule has 1 aromatic carbocycles. The molecule has 2 atom stereocenters. The lowest BCUT2D eigenvalue weighted by molar-refractivity contribution is -0.122. The summed E-state index contributed by atoms with van der Waals surface area (Å²) in [6.45, 7) is 1.80. The zero-order chi connectivity index (χ0) is 12.6. The van der Waals surface area contributed by atoms with Gasteiger partial charge >= 0.3 is 0 Å². The van der Waals surface area contributed by atoms with Gasteiger partial charge in [0.25, 0.3) is 0 Å². The van der Waals surface area contributed by atoms with Crippen molar-refractivity contribution in [1.82, 2.24) is 0 Å². The number of nitrogens with zero attached hydrogens (tertiary/aromatic N) is 1. The van der Waals surface area contributed by atoms with E-state index in [1.807, 2.05) is 0 Å². The molecule has 2 N–H and O–H groups in total. The Hall–Kier alpha value is -1.55. The van der Waals surface area contributed by atoms with Crippen LogP contribution in [0, 0.1) is 5.92 Å². The Balaban J connectivity index is 2.37. The first-order chi connectivity index (χ1) is 8.00. The molecule has 0 spiro atoms. The number of amides is 2. The molecule has 1 aliphatic heterocycles. The quantitative estimate of drug-likeness (QED) is 0.868. The fourth-order valence-corrected chi connectivity index (χ4v) is 2.21. The maximum atomic E-state index is 12.0. The number of rotatable bonds is 2. The van der Waals surface area contributed by atoms with E-state index in [0.29, 0.717) is 17.1 Å². The second-order valence-electron chi connectivity index (χ2n) is 4.24. The van der Waals surface area contributed by atoms with Gasteiger partial charge < -0.3 is 5.73 Å². The Kier molecular flexibility index (Phi) is 3.07. The second kappa shape index (κ2) is 4.37. The van der Waals surface area contributed by atoms with Gasteiger partial charge in [-0.25, -0.2) is 0 Å². The van der Waals surface area contributed by atoms with Crippen molar-refractivity contribution in [3.8, 4) is 0 Å². The van der Waals surface area contributed by atoms with E-state index in [-0.39, 0.29) is 11.8 Å². The first kappa shape index (κ1) is 11.9. The average Bonchev–Trinajstić information content (AvgIpc) is 2.57. The highest BCUT2D eigenvalue weighted by atomic mass is 35.5. The molecule has 5 heteroatoms. The summed E-state index contributed by atoms with van der Waals surface area (Å²) in [6, 6.07) is 6.25. The van der Waals surface area contributed by atoms with Gasteiger partial charge in [-0.2, -0.15) is 0 Å². The van der Waals surface area contributed by atoms with Crippen LogP contribution < -0.4 is 10.6 Å². The van der Waals surface area contributed by atoms with E-state index in [0.717, 1.165) is 0 Å². The van der Waals surface area contributed by atoms with Crippen LogP contribution in [-0.2, 0) is 9.59 Å². The Morgan fingerprint density at radius 2 is 2.00 bits per heavy atom. The first-order valence-corrected chi connectivity index (χ1v) is 5.76. The van der Waals surface area contributed by atoms with Gasteiger partial charge in [-0.1, -0.05) is 18.5 Å².